The summed E-state index contributed by atoms with van der Waals surface area (Å²) in [6.07, 6.45) is 6.79. The molecule has 1 aliphatic rings. The van der Waals surface area contributed by atoms with Gasteiger partial charge in [0.2, 0.25) is 0 Å². The summed E-state index contributed by atoms with van der Waals surface area (Å²) < 4.78 is 33.2. The SMILES string of the molecule is CCCCn1cc(C2CCN(C)CC2)c2cc(OS(=O)(=O)c3ccccc3)ccc21.O=C(O)C(=O)O. The first-order chi connectivity index (χ1) is 17.1. The maximum Gasteiger partial charge on any atom is 0.414 e. The van der Waals surface area contributed by atoms with Crippen LogP contribution >= 0.6 is 0 Å². The van der Waals surface area contributed by atoms with Crippen molar-refractivity contribution >= 4 is 33.0 Å². The van der Waals surface area contributed by atoms with Gasteiger partial charge in [-0.3, -0.25) is 0 Å². The van der Waals surface area contributed by atoms with Gasteiger partial charge in [0.15, 0.2) is 0 Å². The second kappa shape index (κ2) is 12.0. The monoisotopic (exact) mass is 516 g/mol. The molecule has 36 heavy (non-hydrogen) atoms. The minimum atomic E-state index is -3.85. The van der Waals surface area contributed by atoms with Gasteiger partial charge in [0.25, 0.3) is 0 Å². The molecule has 0 amide bonds. The molecule has 1 aromatic heterocycles. The van der Waals surface area contributed by atoms with Crippen molar-refractivity contribution in [3.05, 3.63) is 60.3 Å². The normalized spacial score (nSPS) is 14.7. The molecule has 1 fully saturated rings. The average molecular weight is 517 g/mol. The van der Waals surface area contributed by atoms with Gasteiger partial charge < -0.3 is 23.9 Å². The van der Waals surface area contributed by atoms with Crippen LogP contribution in [0.4, 0.5) is 0 Å². The zero-order chi connectivity index (χ0) is 26.3. The molecule has 194 valence electrons. The molecule has 0 saturated carbocycles. The number of piperidine rings is 1. The van der Waals surface area contributed by atoms with Crippen molar-refractivity contribution in [3.8, 4) is 5.75 Å². The van der Waals surface area contributed by atoms with E-state index in [1.165, 1.54) is 5.56 Å². The fourth-order valence-electron chi connectivity index (χ4n) is 4.28. The van der Waals surface area contributed by atoms with Gasteiger partial charge >= 0.3 is 22.1 Å². The maximum absolute atomic E-state index is 12.7. The summed E-state index contributed by atoms with van der Waals surface area (Å²) >= 11 is 0. The molecule has 1 saturated heterocycles. The van der Waals surface area contributed by atoms with Crippen molar-refractivity contribution < 1.29 is 32.4 Å². The lowest BCUT2D eigenvalue weighted by Crippen LogP contribution is -2.29. The summed E-state index contributed by atoms with van der Waals surface area (Å²) in [7, 11) is -1.68. The van der Waals surface area contributed by atoms with Gasteiger partial charge in [-0.05, 0) is 81.2 Å². The second-order valence-electron chi connectivity index (χ2n) is 8.85. The summed E-state index contributed by atoms with van der Waals surface area (Å²) in [4.78, 5) is 20.7. The van der Waals surface area contributed by atoms with E-state index in [9.17, 15) is 8.42 Å². The zero-order valence-electron chi connectivity index (χ0n) is 20.5. The first-order valence-corrected chi connectivity index (χ1v) is 13.3. The highest BCUT2D eigenvalue weighted by Gasteiger charge is 2.23. The largest absolute Gasteiger partial charge is 0.473 e. The third-order valence-electron chi connectivity index (χ3n) is 6.22. The molecule has 4 rings (SSSR count). The van der Waals surface area contributed by atoms with E-state index in [0.717, 1.165) is 56.2 Å². The van der Waals surface area contributed by atoms with Crippen LogP contribution in [0.25, 0.3) is 10.9 Å². The van der Waals surface area contributed by atoms with Crippen LogP contribution < -0.4 is 4.18 Å². The number of hydrogen-bond acceptors (Lipinski definition) is 6. The Kier molecular flexibility index (Phi) is 9.11. The topological polar surface area (TPSA) is 126 Å². The number of carboxylic acids is 2. The Morgan fingerprint density at radius 1 is 1.03 bits per heavy atom. The average Bonchev–Trinajstić information content (AvgIpc) is 3.21. The van der Waals surface area contributed by atoms with Crippen molar-refractivity contribution in [2.24, 2.45) is 0 Å². The highest BCUT2D eigenvalue weighted by atomic mass is 32.2. The molecule has 2 N–H and O–H groups in total. The number of fused-ring (bicyclic) bond motifs is 1. The quantitative estimate of drug-likeness (QED) is 0.354. The molecule has 2 aromatic carbocycles. The van der Waals surface area contributed by atoms with Crippen LogP contribution in [0.3, 0.4) is 0 Å². The molecular formula is C26H32N2O7S. The fourth-order valence-corrected chi connectivity index (χ4v) is 5.22. The smallest absolute Gasteiger partial charge is 0.414 e. The molecular weight excluding hydrogens is 484 g/mol. The third-order valence-corrected chi connectivity index (χ3v) is 7.48. The Morgan fingerprint density at radius 2 is 1.67 bits per heavy atom. The lowest BCUT2D eigenvalue weighted by Gasteiger charge is -2.28. The van der Waals surface area contributed by atoms with Gasteiger partial charge in [0.05, 0.1) is 0 Å². The van der Waals surface area contributed by atoms with Gasteiger partial charge in [-0.1, -0.05) is 31.5 Å². The predicted octanol–water partition coefficient (Wildman–Crippen LogP) is 4.17. The molecule has 0 radical (unpaired) electrons. The van der Waals surface area contributed by atoms with E-state index in [2.05, 4.69) is 29.6 Å². The van der Waals surface area contributed by atoms with Gasteiger partial charge in [-0.25, -0.2) is 9.59 Å². The second-order valence-corrected chi connectivity index (χ2v) is 10.4. The highest BCUT2D eigenvalue weighted by Crippen LogP contribution is 2.36. The number of aryl methyl sites for hydroxylation is 1. The number of aromatic nitrogens is 1. The Morgan fingerprint density at radius 3 is 2.25 bits per heavy atom. The Labute approximate surface area is 211 Å². The first kappa shape index (κ1) is 27.2. The number of benzene rings is 2. The molecule has 10 heteroatoms. The van der Waals surface area contributed by atoms with Crippen LogP contribution in [0.2, 0.25) is 0 Å². The number of carboxylic acid groups (broad SMARTS) is 2. The molecule has 0 spiro atoms. The predicted molar refractivity (Wildman–Crippen MR) is 136 cm³/mol. The summed E-state index contributed by atoms with van der Waals surface area (Å²) in [5.41, 5.74) is 2.47. The Bertz CT molecular complexity index is 1280. The van der Waals surface area contributed by atoms with Crippen LogP contribution in [0, 0.1) is 0 Å². The van der Waals surface area contributed by atoms with E-state index in [4.69, 9.17) is 24.0 Å². The van der Waals surface area contributed by atoms with Crippen LogP contribution in [0.1, 0.15) is 44.1 Å². The highest BCUT2D eigenvalue weighted by molar-refractivity contribution is 7.87. The number of hydrogen-bond donors (Lipinski definition) is 2. The third kappa shape index (κ3) is 6.86. The maximum atomic E-state index is 12.7. The van der Waals surface area contributed by atoms with E-state index in [0.29, 0.717) is 11.7 Å². The number of carbonyl (C=O) groups is 2. The molecule has 1 aliphatic heterocycles. The molecule has 3 aromatic rings. The van der Waals surface area contributed by atoms with Crippen LogP contribution in [0.15, 0.2) is 59.6 Å². The van der Waals surface area contributed by atoms with E-state index < -0.39 is 22.1 Å². The number of nitrogens with zero attached hydrogens (tertiary/aromatic N) is 2. The van der Waals surface area contributed by atoms with Crippen molar-refractivity contribution in [1.82, 2.24) is 9.47 Å². The van der Waals surface area contributed by atoms with Crippen molar-refractivity contribution in [1.29, 1.82) is 0 Å². The molecule has 2 heterocycles. The van der Waals surface area contributed by atoms with E-state index in [1.807, 2.05) is 12.1 Å². The van der Waals surface area contributed by atoms with Crippen LogP contribution in [0.5, 0.6) is 5.75 Å². The Balaban J connectivity index is 0.000000538. The van der Waals surface area contributed by atoms with Crippen molar-refractivity contribution in [3.63, 3.8) is 0 Å². The molecule has 0 bridgehead atoms. The number of rotatable bonds is 7. The summed E-state index contributed by atoms with van der Waals surface area (Å²) in [6.45, 7) is 5.35. The zero-order valence-corrected chi connectivity index (χ0v) is 21.3. The summed E-state index contributed by atoms with van der Waals surface area (Å²) in [5.74, 6) is -2.79. The lowest BCUT2D eigenvalue weighted by atomic mass is 9.89. The van der Waals surface area contributed by atoms with Gasteiger partial charge in [-0.2, -0.15) is 8.42 Å². The molecule has 0 aliphatic carbocycles. The standard InChI is InChI=1S/C24H30N2O3S.C2H2O4/c1-3-4-14-26-18-23(19-12-15-25(2)16-13-19)22-17-20(10-11-24(22)26)29-30(27,28)21-8-6-5-7-9-21;3-1(4)2(5)6/h5-11,17-19H,3-4,12-16H2,1-2H3;(H,3,4)(H,5,6). The number of likely N-dealkylation sites (tertiary alicyclic amines) is 1. The van der Waals surface area contributed by atoms with Crippen molar-refractivity contribution in [2.75, 3.05) is 20.1 Å². The lowest BCUT2D eigenvalue weighted by molar-refractivity contribution is -0.159. The van der Waals surface area contributed by atoms with Gasteiger partial charge in [-0.15, -0.1) is 0 Å². The van der Waals surface area contributed by atoms with Crippen LogP contribution in [-0.4, -0.2) is 60.2 Å². The molecule has 0 atom stereocenters. The van der Waals surface area contributed by atoms with Gasteiger partial charge in [0, 0.05) is 23.6 Å². The van der Waals surface area contributed by atoms with Crippen molar-refractivity contribution in [2.45, 2.75) is 50.0 Å². The van der Waals surface area contributed by atoms with E-state index >= 15 is 0 Å². The van der Waals surface area contributed by atoms with E-state index in [-0.39, 0.29) is 4.90 Å². The van der Waals surface area contributed by atoms with Crippen LogP contribution in [-0.2, 0) is 26.3 Å². The van der Waals surface area contributed by atoms with E-state index in [1.54, 1.807) is 36.4 Å². The fraction of sp³-hybridized carbons (Fsp3) is 0.385. The first-order valence-electron chi connectivity index (χ1n) is 11.9. The summed E-state index contributed by atoms with van der Waals surface area (Å²) in [6, 6.07) is 14.0. The molecule has 9 nitrogen and oxygen atoms in total. The Hall–Kier alpha value is -3.37. The number of unbranched alkanes of at least 4 members (excludes halogenated alkanes) is 1. The minimum absolute atomic E-state index is 0.168. The minimum Gasteiger partial charge on any atom is -0.473 e. The molecule has 0 unspecified atom stereocenters. The summed E-state index contributed by atoms with van der Waals surface area (Å²) in [5, 5.41) is 15.9. The number of aliphatic carboxylic acids is 2. The van der Waals surface area contributed by atoms with Gasteiger partial charge in [0.1, 0.15) is 10.6 Å².